The summed E-state index contributed by atoms with van der Waals surface area (Å²) in [6.45, 7) is 1.97. The van der Waals surface area contributed by atoms with E-state index in [-0.39, 0.29) is 23.3 Å². The van der Waals surface area contributed by atoms with Crippen LogP contribution in [0.2, 0.25) is 0 Å². The molecular weight excluding hydrogens is 338 g/mol. The molecule has 0 aliphatic carbocycles. The number of benzene rings is 2. The quantitative estimate of drug-likeness (QED) is 0.708. The smallest absolute Gasteiger partial charge is 0.248 e. The van der Waals surface area contributed by atoms with E-state index in [9.17, 15) is 14.4 Å². The molecule has 130 valence electrons. The van der Waals surface area contributed by atoms with Gasteiger partial charge in [-0.2, -0.15) is 0 Å². The maximum Gasteiger partial charge on any atom is 0.248 e. The van der Waals surface area contributed by atoms with Crippen LogP contribution in [0.15, 0.2) is 48.5 Å². The third-order valence-corrected chi connectivity index (χ3v) is 4.19. The Morgan fingerprint density at radius 3 is 1.72 bits per heavy atom. The van der Waals surface area contributed by atoms with Crippen LogP contribution in [-0.4, -0.2) is 29.2 Å². The molecule has 0 aliphatic rings. The molecule has 2 aromatic carbocycles. The number of primary amides is 1. The summed E-state index contributed by atoms with van der Waals surface area (Å²) in [7, 11) is 0. The molecule has 0 atom stereocenters. The van der Waals surface area contributed by atoms with Crippen LogP contribution in [0, 0.1) is 6.92 Å². The maximum absolute atomic E-state index is 11.9. The van der Waals surface area contributed by atoms with Gasteiger partial charge in [-0.1, -0.05) is 17.7 Å². The van der Waals surface area contributed by atoms with Gasteiger partial charge < -0.3 is 16.4 Å². The highest BCUT2D eigenvalue weighted by Crippen LogP contribution is 2.12. The van der Waals surface area contributed by atoms with Gasteiger partial charge in [0.05, 0.1) is 11.5 Å². The summed E-state index contributed by atoms with van der Waals surface area (Å²) >= 11 is 1.22. The number of carbonyl (C=O) groups is 3. The number of nitrogens with one attached hydrogen (secondary N) is 2. The number of aryl methyl sites for hydroxylation is 1. The van der Waals surface area contributed by atoms with Crippen LogP contribution < -0.4 is 16.4 Å². The summed E-state index contributed by atoms with van der Waals surface area (Å²) in [6.07, 6.45) is 0. The molecule has 0 saturated heterocycles. The van der Waals surface area contributed by atoms with Crippen LogP contribution in [-0.2, 0) is 9.59 Å². The topological polar surface area (TPSA) is 101 Å². The first-order chi connectivity index (χ1) is 11.9. The van der Waals surface area contributed by atoms with E-state index in [1.165, 1.54) is 11.8 Å². The summed E-state index contributed by atoms with van der Waals surface area (Å²) in [5.41, 5.74) is 7.95. The molecule has 3 amide bonds. The lowest BCUT2D eigenvalue weighted by Crippen LogP contribution is -2.18. The molecular formula is C18H19N3O3S. The largest absolute Gasteiger partial charge is 0.366 e. The minimum absolute atomic E-state index is 0.152. The Labute approximate surface area is 150 Å². The van der Waals surface area contributed by atoms with Crippen LogP contribution in [0.4, 0.5) is 11.4 Å². The van der Waals surface area contributed by atoms with Crippen molar-refractivity contribution in [2.45, 2.75) is 6.92 Å². The van der Waals surface area contributed by atoms with Gasteiger partial charge in [-0.25, -0.2) is 0 Å². The lowest BCUT2D eigenvalue weighted by molar-refractivity contribution is -0.114. The second-order valence-corrected chi connectivity index (χ2v) is 6.38. The summed E-state index contributed by atoms with van der Waals surface area (Å²) in [5, 5.41) is 5.47. The van der Waals surface area contributed by atoms with E-state index in [4.69, 9.17) is 5.73 Å². The molecule has 0 aliphatic heterocycles. The van der Waals surface area contributed by atoms with E-state index in [2.05, 4.69) is 10.6 Å². The summed E-state index contributed by atoms with van der Waals surface area (Å²) in [4.78, 5) is 34.7. The fourth-order valence-electron chi connectivity index (χ4n) is 1.99. The van der Waals surface area contributed by atoms with Crippen LogP contribution in [0.3, 0.4) is 0 Å². The van der Waals surface area contributed by atoms with Crippen molar-refractivity contribution in [3.05, 3.63) is 59.7 Å². The minimum atomic E-state index is -0.520. The Morgan fingerprint density at radius 2 is 1.28 bits per heavy atom. The molecule has 6 nitrogen and oxygen atoms in total. The summed E-state index contributed by atoms with van der Waals surface area (Å²) in [6, 6.07) is 13.8. The van der Waals surface area contributed by atoms with Gasteiger partial charge in [-0.3, -0.25) is 14.4 Å². The van der Waals surface area contributed by atoms with Crippen molar-refractivity contribution in [2.24, 2.45) is 5.73 Å². The zero-order valence-corrected chi connectivity index (χ0v) is 14.6. The Hall–Kier alpha value is -2.80. The van der Waals surface area contributed by atoms with E-state index in [0.29, 0.717) is 11.3 Å². The van der Waals surface area contributed by atoms with E-state index >= 15 is 0 Å². The van der Waals surface area contributed by atoms with Gasteiger partial charge in [0.25, 0.3) is 0 Å². The molecule has 7 heteroatoms. The van der Waals surface area contributed by atoms with Gasteiger partial charge in [-0.05, 0) is 43.3 Å². The standard InChI is InChI=1S/C18H19N3O3S/c1-12-2-6-14(7-3-12)20-16(22)10-25-11-17(23)21-15-8-4-13(5-9-15)18(19)24/h2-9H,10-11H2,1H3,(H2,19,24)(H,20,22)(H,21,23). The van der Waals surface area contributed by atoms with E-state index in [1.54, 1.807) is 24.3 Å². The monoisotopic (exact) mass is 357 g/mol. The highest BCUT2D eigenvalue weighted by molar-refractivity contribution is 8.00. The number of rotatable bonds is 7. The molecule has 0 heterocycles. The molecule has 25 heavy (non-hydrogen) atoms. The molecule has 2 rings (SSSR count). The molecule has 0 spiro atoms. The van der Waals surface area contributed by atoms with Crippen molar-refractivity contribution < 1.29 is 14.4 Å². The number of nitrogens with two attached hydrogens (primary N) is 1. The molecule has 0 fully saturated rings. The fourth-order valence-corrected chi connectivity index (χ4v) is 2.60. The lowest BCUT2D eigenvalue weighted by atomic mass is 10.2. The summed E-state index contributed by atoms with van der Waals surface area (Å²) < 4.78 is 0. The molecule has 0 saturated carbocycles. The predicted molar refractivity (Wildman–Crippen MR) is 101 cm³/mol. The highest BCUT2D eigenvalue weighted by atomic mass is 32.2. The average Bonchev–Trinajstić information content (AvgIpc) is 2.57. The third kappa shape index (κ3) is 6.31. The minimum Gasteiger partial charge on any atom is -0.366 e. The molecule has 2 aromatic rings. The second kappa shape index (κ2) is 8.89. The van der Waals surface area contributed by atoms with Crippen molar-refractivity contribution >= 4 is 40.9 Å². The molecule has 0 bridgehead atoms. The van der Waals surface area contributed by atoms with Crippen LogP contribution in [0.5, 0.6) is 0 Å². The predicted octanol–water partition coefficient (Wildman–Crippen LogP) is 2.40. The summed E-state index contributed by atoms with van der Waals surface area (Å²) in [5.74, 6) is -0.568. The van der Waals surface area contributed by atoms with Crippen molar-refractivity contribution in [3.63, 3.8) is 0 Å². The highest BCUT2D eigenvalue weighted by Gasteiger charge is 2.07. The van der Waals surface area contributed by atoms with E-state index in [0.717, 1.165) is 11.3 Å². The number of hydrogen-bond donors (Lipinski definition) is 3. The lowest BCUT2D eigenvalue weighted by Gasteiger charge is -2.07. The maximum atomic E-state index is 11.9. The van der Waals surface area contributed by atoms with Gasteiger partial charge in [0.15, 0.2) is 0 Å². The van der Waals surface area contributed by atoms with Gasteiger partial charge in [-0.15, -0.1) is 11.8 Å². The van der Waals surface area contributed by atoms with Gasteiger partial charge in [0.2, 0.25) is 17.7 Å². The first-order valence-corrected chi connectivity index (χ1v) is 8.73. The van der Waals surface area contributed by atoms with Gasteiger partial charge in [0, 0.05) is 16.9 Å². The molecule has 0 unspecified atom stereocenters. The first kappa shape index (κ1) is 18.5. The third-order valence-electron chi connectivity index (χ3n) is 3.25. The van der Waals surface area contributed by atoms with Gasteiger partial charge >= 0.3 is 0 Å². The number of anilines is 2. The van der Waals surface area contributed by atoms with Crippen LogP contribution in [0.25, 0.3) is 0 Å². The number of carbonyl (C=O) groups excluding carboxylic acids is 3. The van der Waals surface area contributed by atoms with Crippen LogP contribution >= 0.6 is 11.8 Å². The number of hydrogen-bond acceptors (Lipinski definition) is 4. The Bertz CT molecular complexity index is 758. The number of thioether (sulfide) groups is 1. The Balaban J connectivity index is 1.71. The normalized spacial score (nSPS) is 10.1. The number of amides is 3. The Morgan fingerprint density at radius 1 is 0.840 bits per heavy atom. The fraction of sp³-hybridized carbons (Fsp3) is 0.167. The zero-order valence-electron chi connectivity index (χ0n) is 13.7. The molecule has 0 aromatic heterocycles. The first-order valence-electron chi connectivity index (χ1n) is 7.58. The molecule has 4 N–H and O–H groups in total. The van der Waals surface area contributed by atoms with Crippen molar-refractivity contribution in [3.8, 4) is 0 Å². The SMILES string of the molecule is Cc1ccc(NC(=O)CSCC(=O)Nc2ccc(C(N)=O)cc2)cc1. The van der Waals surface area contributed by atoms with Crippen molar-refractivity contribution in [1.82, 2.24) is 0 Å². The van der Waals surface area contributed by atoms with Crippen molar-refractivity contribution in [2.75, 3.05) is 22.1 Å². The second-order valence-electron chi connectivity index (χ2n) is 5.40. The zero-order chi connectivity index (χ0) is 18.2. The Kier molecular flexibility index (Phi) is 6.59. The van der Waals surface area contributed by atoms with Crippen molar-refractivity contribution in [1.29, 1.82) is 0 Å². The molecule has 0 radical (unpaired) electrons. The average molecular weight is 357 g/mol. The van der Waals surface area contributed by atoms with Crippen LogP contribution in [0.1, 0.15) is 15.9 Å². The van der Waals surface area contributed by atoms with E-state index < -0.39 is 5.91 Å². The van der Waals surface area contributed by atoms with Gasteiger partial charge in [0.1, 0.15) is 0 Å². The van der Waals surface area contributed by atoms with E-state index in [1.807, 2.05) is 31.2 Å².